The monoisotopic (exact) mass is 345 g/mol. The van der Waals surface area contributed by atoms with Crippen LogP contribution in [0.25, 0.3) is 6.08 Å². The minimum absolute atomic E-state index is 0.00594. The van der Waals surface area contributed by atoms with Gasteiger partial charge in [-0.3, -0.25) is 4.79 Å². The number of furan rings is 1. The largest absolute Gasteiger partial charge is 0.465 e. The van der Waals surface area contributed by atoms with Gasteiger partial charge in [0.1, 0.15) is 5.76 Å². The van der Waals surface area contributed by atoms with Crippen LogP contribution < -0.4 is 5.32 Å². The first-order valence-corrected chi connectivity index (χ1v) is 9.18. The van der Waals surface area contributed by atoms with Crippen LogP contribution in [0.3, 0.4) is 0 Å². The Morgan fingerprint density at radius 3 is 2.83 bits per heavy atom. The van der Waals surface area contributed by atoms with Crippen LogP contribution in [0.1, 0.15) is 54.2 Å². The number of rotatable bonds is 6. The molecule has 1 amide bonds. The van der Waals surface area contributed by atoms with Crippen LogP contribution in [0.5, 0.6) is 0 Å². The molecule has 2 N–H and O–H groups in total. The molecule has 0 radical (unpaired) electrons. The Kier molecular flexibility index (Phi) is 5.21. The van der Waals surface area contributed by atoms with Gasteiger partial charge in [0.2, 0.25) is 5.91 Å². The lowest BCUT2D eigenvalue weighted by atomic mass is 9.84. The second kappa shape index (κ2) is 7.36. The molecule has 3 rings (SSSR count). The van der Waals surface area contributed by atoms with Gasteiger partial charge >= 0.3 is 0 Å². The van der Waals surface area contributed by atoms with Crippen LogP contribution in [-0.4, -0.2) is 17.6 Å². The molecule has 2 heterocycles. The van der Waals surface area contributed by atoms with Crippen LogP contribution >= 0.6 is 11.3 Å². The van der Waals surface area contributed by atoms with Crippen LogP contribution in [0, 0.1) is 0 Å². The van der Waals surface area contributed by atoms with Crippen molar-refractivity contribution >= 4 is 23.3 Å². The zero-order valence-electron chi connectivity index (χ0n) is 13.8. The Morgan fingerprint density at radius 1 is 1.42 bits per heavy atom. The highest BCUT2D eigenvalue weighted by atomic mass is 32.1. The van der Waals surface area contributed by atoms with Crippen molar-refractivity contribution in [2.75, 3.05) is 6.54 Å². The molecule has 0 unspecified atom stereocenters. The molecule has 1 saturated carbocycles. The first kappa shape index (κ1) is 17.0. The molecule has 1 fully saturated rings. The summed E-state index contributed by atoms with van der Waals surface area (Å²) in [5.41, 5.74) is 0.00594. The number of hydrogen-bond acceptors (Lipinski definition) is 4. The lowest BCUT2D eigenvalue weighted by Gasteiger charge is -2.28. The number of aliphatic hydroxyl groups excluding tert-OH is 1. The van der Waals surface area contributed by atoms with Crippen molar-refractivity contribution in [3.8, 4) is 0 Å². The number of aliphatic hydroxyl groups is 1. The molecule has 4 nitrogen and oxygen atoms in total. The fourth-order valence-corrected chi connectivity index (χ4v) is 4.47. The maximum Gasteiger partial charge on any atom is 0.244 e. The number of carbonyl (C=O) groups is 1. The molecule has 1 aliphatic carbocycles. The minimum atomic E-state index is -0.437. The van der Waals surface area contributed by atoms with Gasteiger partial charge in [-0.1, -0.05) is 12.8 Å². The normalized spacial score (nSPS) is 18.1. The molecular formula is C19H23NO3S. The smallest absolute Gasteiger partial charge is 0.244 e. The van der Waals surface area contributed by atoms with E-state index in [0.29, 0.717) is 12.3 Å². The summed E-state index contributed by atoms with van der Waals surface area (Å²) in [5, 5.41) is 12.8. The van der Waals surface area contributed by atoms with E-state index in [1.165, 1.54) is 23.8 Å². The number of carbonyl (C=O) groups excluding carboxylic acids is 1. The summed E-state index contributed by atoms with van der Waals surface area (Å²) in [4.78, 5) is 14.4. The predicted molar refractivity (Wildman–Crippen MR) is 95.9 cm³/mol. The summed E-state index contributed by atoms with van der Waals surface area (Å²) in [6.07, 6.45) is 8.85. The van der Waals surface area contributed by atoms with E-state index in [1.54, 1.807) is 36.7 Å². The van der Waals surface area contributed by atoms with Crippen LogP contribution in [-0.2, 0) is 10.2 Å². The second-order valence-corrected chi connectivity index (χ2v) is 7.55. The molecule has 128 valence electrons. The van der Waals surface area contributed by atoms with Gasteiger partial charge in [0.25, 0.3) is 0 Å². The van der Waals surface area contributed by atoms with Crippen molar-refractivity contribution in [2.45, 2.75) is 44.1 Å². The molecule has 1 atom stereocenters. The summed E-state index contributed by atoms with van der Waals surface area (Å²) < 4.78 is 5.19. The predicted octanol–water partition coefficient (Wildman–Crippen LogP) is 4.04. The average molecular weight is 345 g/mol. The molecule has 1 aliphatic rings. The molecule has 0 aromatic carbocycles. The molecular weight excluding hydrogens is 322 g/mol. The molecule has 5 heteroatoms. The average Bonchev–Trinajstić information content (AvgIpc) is 3.32. The fourth-order valence-electron chi connectivity index (χ4n) is 3.28. The Bertz CT molecular complexity index is 694. The zero-order valence-corrected chi connectivity index (χ0v) is 14.6. The summed E-state index contributed by atoms with van der Waals surface area (Å²) in [6.45, 7) is 2.42. The quantitative estimate of drug-likeness (QED) is 0.777. The van der Waals surface area contributed by atoms with E-state index in [-0.39, 0.29) is 11.3 Å². The van der Waals surface area contributed by atoms with Crippen molar-refractivity contribution < 1.29 is 14.3 Å². The Balaban J connectivity index is 1.66. The van der Waals surface area contributed by atoms with E-state index in [1.807, 2.05) is 12.1 Å². The van der Waals surface area contributed by atoms with Crippen LogP contribution in [0.2, 0.25) is 0 Å². The third-order valence-corrected chi connectivity index (χ3v) is 6.17. The Hall–Kier alpha value is -1.85. The standard InChI is InChI=1S/C19H23NO3S/c1-14(21)16-7-8-17(24-16)19(10-2-3-11-19)13-20-18(22)9-6-15-5-4-12-23-15/h4-9,12,14,21H,2-3,10-11,13H2,1H3,(H,20,22)/b9-6+/t14-/m0/s1. The lowest BCUT2D eigenvalue weighted by molar-refractivity contribution is -0.116. The van der Waals surface area contributed by atoms with Crippen molar-refractivity contribution in [1.29, 1.82) is 0 Å². The topological polar surface area (TPSA) is 62.5 Å². The van der Waals surface area contributed by atoms with Gasteiger partial charge in [-0.05, 0) is 50.1 Å². The number of hydrogen-bond donors (Lipinski definition) is 2. The Labute approximate surface area is 146 Å². The first-order chi connectivity index (χ1) is 11.6. The highest BCUT2D eigenvalue weighted by Crippen LogP contribution is 2.44. The summed E-state index contributed by atoms with van der Waals surface area (Å²) in [5.74, 6) is 0.561. The highest BCUT2D eigenvalue weighted by Gasteiger charge is 2.37. The van der Waals surface area contributed by atoms with Gasteiger partial charge in [-0.2, -0.15) is 0 Å². The van der Waals surface area contributed by atoms with E-state index in [0.717, 1.165) is 17.7 Å². The minimum Gasteiger partial charge on any atom is -0.465 e. The molecule has 2 aromatic rings. The third-order valence-electron chi connectivity index (χ3n) is 4.67. The van der Waals surface area contributed by atoms with E-state index in [9.17, 15) is 9.90 Å². The summed E-state index contributed by atoms with van der Waals surface area (Å²) in [6, 6.07) is 7.72. The lowest BCUT2D eigenvalue weighted by Crippen LogP contribution is -2.37. The molecule has 2 aromatic heterocycles. The fraction of sp³-hybridized carbons (Fsp3) is 0.421. The van der Waals surface area contributed by atoms with Gasteiger partial charge in [0, 0.05) is 27.8 Å². The molecule has 0 saturated heterocycles. The van der Waals surface area contributed by atoms with Crippen molar-refractivity contribution in [3.05, 3.63) is 52.1 Å². The molecule has 0 bridgehead atoms. The number of nitrogens with one attached hydrogen (secondary N) is 1. The van der Waals surface area contributed by atoms with Crippen LogP contribution in [0.15, 0.2) is 41.0 Å². The Morgan fingerprint density at radius 2 is 2.21 bits per heavy atom. The molecule has 24 heavy (non-hydrogen) atoms. The zero-order chi connectivity index (χ0) is 17.0. The van der Waals surface area contributed by atoms with Crippen LogP contribution in [0.4, 0.5) is 0 Å². The third kappa shape index (κ3) is 3.79. The van der Waals surface area contributed by atoms with Gasteiger partial charge in [0.05, 0.1) is 12.4 Å². The van der Waals surface area contributed by atoms with Crippen molar-refractivity contribution in [2.24, 2.45) is 0 Å². The van der Waals surface area contributed by atoms with E-state index in [2.05, 4.69) is 11.4 Å². The maximum atomic E-state index is 12.1. The van der Waals surface area contributed by atoms with Gasteiger partial charge in [-0.25, -0.2) is 0 Å². The van der Waals surface area contributed by atoms with Crippen molar-refractivity contribution in [3.63, 3.8) is 0 Å². The summed E-state index contributed by atoms with van der Waals surface area (Å²) >= 11 is 1.67. The second-order valence-electron chi connectivity index (χ2n) is 6.43. The summed E-state index contributed by atoms with van der Waals surface area (Å²) in [7, 11) is 0. The highest BCUT2D eigenvalue weighted by molar-refractivity contribution is 7.12. The molecule has 0 spiro atoms. The van der Waals surface area contributed by atoms with E-state index >= 15 is 0 Å². The van der Waals surface area contributed by atoms with Gasteiger partial charge < -0.3 is 14.8 Å². The van der Waals surface area contributed by atoms with E-state index in [4.69, 9.17) is 4.42 Å². The van der Waals surface area contributed by atoms with Gasteiger partial charge in [-0.15, -0.1) is 11.3 Å². The maximum absolute atomic E-state index is 12.1. The number of amides is 1. The van der Waals surface area contributed by atoms with Crippen molar-refractivity contribution in [1.82, 2.24) is 5.32 Å². The van der Waals surface area contributed by atoms with Gasteiger partial charge in [0.15, 0.2) is 0 Å². The first-order valence-electron chi connectivity index (χ1n) is 8.37. The molecule has 0 aliphatic heterocycles. The number of thiophene rings is 1. The van der Waals surface area contributed by atoms with E-state index < -0.39 is 6.10 Å². The SMILES string of the molecule is C[C@H](O)c1ccc(C2(CNC(=O)/C=C/c3ccco3)CCCC2)s1.